The Bertz CT molecular complexity index is 128. The first-order valence-electron chi connectivity index (χ1n) is 4.18. The first kappa shape index (κ1) is 10.2. The maximum absolute atomic E-state index is 3.97. The van der Waals surface area contributed by atoms with Gasteiger partial charge in [-0.2, -0.15) is 5.10 Å². The van der Waals surface area contributed by atoms with E-state index in [0.29, 0.717) is 0 Å². The highest BCUT2D eigenvalue weighted by atomic mass is 15.3. The molecule has 0 aromatic rings. The van der Waals surface area contributed by atoms with Gasteiger partial charge in [0, 0.05) is 12.8 Å². The summed E-state index contributed by atoms with van der Waals surface area (Å²) in [7, 11) is 0. The number of allylic oxidation sites excluding steroid dienone is 1. The van der Waals surface area contributed by atoms with Gasteiger partial charge in [0.15, 0.2) is 0 Å². The highest BCUT2D eigenvalue weighted by Gasteiger charge is 1.82. The monoisotopic (exact) mass is 154 g/mol. The van der Waals surface area contributed by atoms with E-state index in [-0.39, 0.29) is 0 Å². The maximum atomic E-state index is 3.97. The minimum absolute atomic E-state index is 0.970. The molecule has 11 heavy (non-hydrogen) atoms. The third-order valence-corrected chi connectivity index (χ3v) is 1.27. The Balaban J connectivity index is 3.07. The summed E-state index contributed by atoms with van der Waals surface area (Å²) in [6, 6.07) is 0. The van der Waals surface area contributed by atoms with E-state index in [1.165, 1.54) is 19.3 Å². The molecule has 0 unspecified atom stereocenters. The van der Waals surface area contributed by atoms with Crippen LogP contribution in [0.3, 0.4) is 0 Å². The fourth-order valence-electron chi connectivity index (χ4n) is 0.674. The van der Waals surface area contributed by atoms with E-state index in [4.69, 9.17) is 0 Å². The van der Waals surface area contributed by atoms with Crippen molar-refractivity contribution >= 4 is 6.21 Å². The number of nitrogens with one attached hydrogen (secondary N) is 1. The quantitative estimate of drug-likeness (QED) is 0.354. The number of nitrogens with zero attached hydrogens (tertiary/aromatic N) is 1. The molecule has 0 heterocycles. The molecule has 0 aliphatic heterocycles. The zero-order valence-corrected chi connectivity index (χ0v) is 7.56. The van der Waals surface area contributed by atoms with Crippen LogP contribution in [-0.4, -0.2) is 12.8 Å². The summed E-state index contributed by atoms with van der Waals surface area (Å²) in [5.41, 5.74) is 3.94. The molecule has 0 aliphatic carbocycles. The van der Waals surface area contributed by atoms with Crippen LogP contribution in [0.2, 0.25) is 0 Å². The number of unbranched alkanes of at least 4 members (excludes halogenated alkanes) is 2. The van der Waals surface area contributed by atoms with Crippen molar-refractivity contribution in [3.63, 3.8) is 0 Å². The third-order valence-electron chi connectivity index (χ3n) is 1.27. The fourth-order valence-corrected chi connectivity index (χ4v) is 0.674. The van der Waals surface area contributed by atoms with Gasteiger partial charge in [0.2, 0.25) is 0 Å². The Kier molecular flexibility index (Phi) is 6.79. The molecule has 0 rings (SSSR count). The summed E-state index contributed by atoms with van der Waals surface area (Å²) < 4.78 is 0. The van der Waals surface area contributed by atoms with Crippen LogP contribution in [-0.2, 0) is 0 Å². The zero-order valence-electron chi connectivity index (χ0n) is 7.56. The molecule has 0 saturated carbocycles. The van der Waals surface area contributed by atoms with E-state index < -0.39 is 0 Å². The van der Waals surface area contributed by atoms with Crippen LogP contribution in [0.5, 0.6) is 0 Å². The van der Waals surface area contributed by atoms with Crippen LogP contribution in [0.15, 0.2) is 17.3 Å². The van der Waals surface area contributed by atoms with Crippen LogP contribution in [0.1, 0.15) is 33.1 Å². The van der Waals surface area contributed by atoms with Crippen LogP contribution in [0.25, 0.3) is 0 Å². The molecule has 0 aliphatic rings. The second-order valence-electron chi connectivity index (χ2n) is 2.72. The smallest absolute Gasteiger partial charge is 0.0491 e. The van der Waals surface area contributed by atoms with Crippen molar-refractivity contribution in [1.29, 1.82) is 0 Å². The van der Waals surface area contributed by atoms with Crippen molar-refractivity contribution < 1.29 is 0 Å². The Morgan fingerprint density at radius 2 is 2.27 bits per heavy atom. The van der Waals surface area contributed by atoms with Crippen molar-refractivity contribution in [2.24, 2.45) is 5.10 Å². The molecule has 0 fully saturated rings. The molecule has 2 heteroatoms. The Labute approximate surface area is 69.4 Å². The highest BCUT2D eigenvalue weighted by molar-refractivity contribution is 5.76. The SMILES string of the molecule is C=C(C)C=NNCCCCC. The van der Waals surface area contributed by atoms with Crippen LogP contribution in [0, 0.1) is 0 Å². The predicted molar refractivity (Wildman–Crippen MR) is 50.8 cm³/mol. The van der Waals surface area contributed by atoms with Crippen molar-refractivity contribution in [2.75, 3.05) is 6.54 Å². The van der Waals surface area contributed by atoms with Gasteiger partial charge >= 0.3 is 0 Å². The van der Waals surface area contributed by atoms with Gasteiger partial charge < -0.3 is 5.43 Å². The molecule has 0 radical (unpaired) electrons. The molecule has 0 saturated heterocycles. The summed E-state index contributed by atoms with van der Waals surface area (Å²) in [6.07, 6.45) is 5.47. The largest absolute Gasteiger partial charge is 0.310 e. The highest BCUT2D eigenvalue weighted by Crippen LogP contribution is 1.90. The summed E-state index contributed by atoms with van der Waals surface area (Å²) in [5, 5.41) is 3.97. The van der Waals surface area contributed by atoms with Gasteiger partial charge in [0.1, 0.15) is 0 Å². The first-order valence-corrected chi connectivity index (χ1v) is 4.18. The zero-order chi connectivity index (χ0) is 8.53. The van der Waals surface area contributed by atoms with Crippen molar-refractivity contribution in [2.45, 2.75) is 33.1 Å². The number of hydrogen-bond donors (Lipinski definition) is 1. The van der Waals surface area contributed by atoms with Crippen molar-refractivity contribution in [3.8, 4) is 0 Å². The summed E-state index contributed by atoms with van der Waals surface area (Å²) >= 11 is 0. The minimum Gasteiger partial charge on any atom is -0.310 e. The number of hydrazone groups is 1. The fraction of sp³-hybridized carbons (Fsp3) is 0.667. The lowest BCUT2D eigenvalue weighted by Crippen LogP contribution is -2.07. The summed E-state index contributed by atoms with van der Waals surface area (Å²) in [4.78, 5) is 0. The molecular weight excluding hydrogens is 136 g/mol. The molecule has 1 N–H and O–H groups in total. The van der Waals surface area contributed by atoms with E-state index in [2.05, 4.69) is 24.0 Å². The minimum atomic E-state index is 0.970. The summed E-state index contributed by atoms with van der Waals surface area (Å²) in [5.74, 6) is 0. The standard InChI is InChI=1S/C9H18N2/c1-4-5-6-7-10-11-8-9(2)3/h8,10H,2,4-7H2,1,3H3. The lowest BCUT2D eigenvalue weighted by Gasteiger charge is -1.97. The average Bonchev–Trinajstić information content (AvgIpc) is 1.96. The Morgan fingerprint density at radius 3 is 2.82 bits per heavy atom. The van der Waals surface area contributed by atoms with E-state index in [1.54, 1.807) is 6.21 Å². The predicted octanol–water partition coefficient (Wildman–Crippen LogP) is 2.33. The molecule has 64 valence electrons. The van der Waals surface area contributed by atoms with Gasteiger partial charge in [-0.05, 0) is 18.9 Å². The van der Waals surface area contributed by atoms with Crippen molar-refractivity contribution in [1.82, 2.24) is 5.43 Å². The summed E-state index contributed by atoms with van der Waals surface area (Å²) in [6.45, 7) is 8.79. The average molecular weight is 154 g/mol. The molecule has 2 nitrogen and oxygen atoms in total. The van der Waals surface area contributed by atoms with E-state index in [9.17, 15) is 0 Å². The number of hydrogen-bond acceptors (Lipinski definition) is 2. The van der Waals surface area contributed by atoms with Crippen LogP contribution >= 0.6 is 0 Å². The normalized spacial score (nSPS) is 10.4. The maximum Gasteiger partial charge on any atom is 0.0491 e. The molecule has 0 spiro atoms. The van der Waals surface area contributed by atoms with Crippen LogP contribution < -0.4 is 5.43 Å². The lowest BCUT2D eigenvalue weighted by molar-refractivity contribution is 0.640. The lowest BCUT2D eigenvalue weighted by atomic mass is 10.2. The van der Waals surface area contributed by atoms with Gasteiger partial charge in [-0.15, -0.1) is 0 Å². The van der Waals surface area contributed by atoms with Gasteiger partial charge in [-0.25, -0.2) is 0 Å². The molecule has 0 bridgehead atoms. The van der Waals surface area contributed by atoms with E-state index >= 15 is 0 Å². The van der Waals surface area contributed by atoms with Crippen LogP contribution in [0.4, 0.5) is 0 Å². The van der Waals surface area contributed by atoms with E-state index in [0.717, 1.165) is 12.1 Å². The Hall–Kier alpha value is -0.790. The molecule has 0 aromatic heterocycles. The van der Waals surface area contributed by atoms with Gasteiger partial charge in [-0.3, -0.25) is 0 Å². The van der Waals surface area contributed by atoms with E-state index in [1.807, 2.05) is 6.92 Å². The molecule has 0 amide bonds. The third kappa shape index (κ3) is 9.21. The number of rotatable bonds is 6. The molecular formula is C9H18N2. The first-order chi connectivity index (χ1) is 5.27. The second-order valence-corrected chi connectivity index (χ2v) is 2.72. The Morgan fingerprint density at radius 1 is 1.55 bits per heavy atom. The molecule has 0 aromatic carbocycles. The van der Waals surface area contributed by atoms with Crippen molar-refractivity contribution in [3.05, 3.63) is 12.2 Å². The topological polar surface area (TPSA) is 24.4 Å². The van der Waals surface area contributed by atoms with Gasteiger partial charge in [0.25, 0.3) is 0 Å². The van der Waals surface area contributed by atoms with Gasteiger partial charge in [0.05, 0.1) is 0 Å². The molecule has 0 atom stereocenters. The van der Waals surface area contributed by atoms with Gasteiger partial charge in [-0.1, -0.05) is 26.3 Å². The second kappa shape index (κ2) is 7.32.